The highest BCUT2D eigenvalue weighted by atomic mass is 16.2. The SMILES string of the molecule is CCCN1CC(NC)CCC1=O. The van der Waals surface area contributed by atoms with Crippen LogP contribution in [-0.2, 0) is 4.79 Å². The van der Waals surface area contributed by atoms with Gasteiger partial charge in [-0.05, 0) is 19.9 Å². The van der Waals surface area contributed by atoms with E-state index in [-0.39, 0.29) is 0 Å². The first-order valence-corrected chi connectivity index (χ1v) is 4.73. The quantitative estimate of drug-likeness (QED) is 0.673. The minimum Gasteiger partial charge on any atom is -0.341 e. The first kappa shape index (κ1) is 9.52. The van der Waals surface area contributed by atoms with Crippen molar-refractivity contribution < 1.29 is 4.79 Å². The lowest BCUT2D eigenvalue weighted by Crippen LogP contribution is -2.47. The molecule has 1 N–H and O–H groups in total. The first-order valence-electron chi connectivity index (χ1n) is 4.73. The Morgan fingerprint density at radius 1 is 1.67 bits per heavy atom. The second-order valence-electron chi connectivity index (χ2n) is 3.36. The molecule has 0 aliphatic carbocycles. The van der Waals surface area contributed by atoms with E-state index in [2.05, 4.69) is 12.2 Å². The lowest BCUT2D eigenvalue weighted by atomic mass is 10.1. The third kappa shape index (κ3) is 2.21. The second-order valence-corrected chi connectivity index (χ2v) is 3.36. The fourth-order valence-corrected chi connectivity index (χ4v) is 1.64. The zero-order valence-corrected chi connectivity index (χ0v) is 7.97. The smallest absolute Gasteiger partial charge is 0.222 e. The van der Waals surface area contributed by atoms with Gasteiger partial charge in [-0.25, -0.2) is 0 Å². The van der Waals surface area contributed by atoms with Crippen molar-refractivity contribution in [2.24, 2.45) is 0 Å². The van der Waals surface area contributed by atoms with E-state index in [1.54, 1.807) is 0 Å². The summed E-state index contributed by atoms with van der Waals surface area (Å²) >= 11 is 0. The maximum atomic E-state index is 11.3. The molecule has 3 heteroatoms. The molecule has 1 amide bonds. The number of likely N-dealkylation sites (tertiary alicyclic amines) is 1. The van der Waals surface area contributed by atoms with Crippen molar-refractivity contribution in [3.8, 4) is 0 Å². The van der Waals surface area contributed by atoms with Crippen molar-refractivity contribution in [1.29, 1.82) is 0 Å². The van der Waals surface area contributed by atoms with E-state index >= 15 is 0 Å². The zero-order chi connectivity index (χ0) is 8.97. The summed E-state index contributed by atoms with van der Waals surface area (Å²) in [5.41, 5.74) is 0. The van der Waals surface area contributed by atoms with Gasteiger partial charge in [-0.1, -0.05) is 6.92 Å². The second kappa shape index (κ2) is 4.45. The summed E-state index contributed by atoms with van der Waals surface area (Å²) in [5, 5.41) is 3.22. The van der Waals surface area contributed by atoms with Gasteiger partial charge >= 0.3 is 0 Å². The highest BCUT2D eigenvalue weighted by molar-refractivity contribution is 5.77. The molecular formula is C9H18N2O. The largest absolute Gasteiger partial charge is 0.341 e. The molecule has 0 aromatic heterocycles. The molecule has 1 atom stereocenters. The molecule has 1 saturated heterocycles. The van der Waals surface area contributed by atoms with Crippen molar-refractivity contribution in [3.05, 3.63) is 0 Å². The molecule has 70 valence electrons. The van der Waals surface area contributed by atoms with Gasteiger partial charge in [-0.15, -0.1) is 0 Å². The molecule has 1 aliphatic rings. The van der Waals surface area contributed by atoms with Gasteiger partial charge in [-0.3, -0.25) is 4.79 Å². The number of piperidine rings is 1. The molecule has 1 rings (SSSR count). The Bertz CT molecular complexity index is 159. The molecule has 0 radical (unpaired) electrons. The van der Waals surface area contributed by atoms with Crippen LogP contribution in [0.5, 0.6) is 0 Å². The summed E-state index contributed by atoms with van der Waals surface area (Å²) in [6, 6.07) is 0.509. The van der Waals surface area contributed by atoms with Gasteiger partial charge < -0.3 is 10.2 Å². The highest BCUT2D eigenvalue weighted by Crippen LogP contribution is 2.11. The molecule has 0 aromatic carbocycles. The van der Waals surface area contributed by atoms with Crippen LogP contribution in [-0.4, -0.2) is 37.0 Å². The number of likely N-dealkylation sites (N-methyl/N-ethyl adjacent to an activating group) is 1. The van der Waals surface area contributed by atoms with E-state index in [0.29, 0.717) is 18.4 Å². The van der Waals surface area contributed by atoms with Gasteiger partial charge in [0.2, 0.25) is 5.91 Å². The van der Waals surface area contributed by atoms with E-state index in [1.807, 2.05) is 11.9 Å². The fourth-order valence-electron chi connectivity index (χ4n) is 1.64. The van der Waals surface area contributed by atoms with E-state index in [0.717, 1.165) is 25.9 Å². The molecule has 0 bridgehead atoms. The summed E-state index contributed by atoms with van der Waals surface area (Å²) in [4.78, 5) is 13.3. The van der Waals surface area contributed by atoms with Crippen LogP contribution in [0.4, 0.5) is 0 Å². The molecule has 1 unspecified atom stereocenters. The number of amides is 1. The maximum Gasteiger partial charge on any atom is 0.222 e. The average molecular weight is 170 g/mol. The van der Waals surface area contributed by atoms with Crippen molar-refractivity contribution in [1.82, 2.24) is 10.2 Å². The van der Waals surface area contributed by atoms with Gasteiger partial charge in [0.15, 0.2) is 0 Å². The number of hydrogen-bond donors (Lipinski definition) is 1. The molecular weight excluding hydrogens is 152 g/mol. The minimum absolute atomic E-state index is 0.323. The van der Waals surface area contributed by atoms with Crippen LogP contribution in [0.15, 0.2) is 0 Å². The molecule has 0 saturated carbocycles. The van der Waals surface area contributed by atoms with Gasteiger partial charge in [-0.2, -0.15) is 0 Å². The highest BCUT2D eigenvalue weighted by Gasteiger charge is 2.23. The van der Waals surface area contributed by atoms with Crippen molar-refractivity contribution >= 4 is 5.91 Å². The van der Waals surface area contributed by atoms with Crippen molar-refractivity contribution in [2.45, 2.75) is 32.2 Å². The van der Waals surface area contributed by atoms with E-state index in [4.69, 9.17) is 0 Å². The number of carbonyl (C=O) groups excluding carboxylic acids is 1. The summed E-state index contributed by atoms with van der Waals surface area (Å²) in [7, 11) is 1.96. The molecule has 1 heterocycles. The third-order valence-electron chi connectivity index (χ3n) is 2.40. The molecule has 0 spiro atoms. The van der Waals surface area contributed by atoms with Crippen LogP contribution >= 0.6 is 0 Å². The van der Waals surface area contributed by atoms with Gasteiger partial charge in [0, 0.05) is 25.6 Å². The van der Waals surface area contributed by atoms with Gasteiger partial charge in [0.05, 0.1) is 0 Å². The third-order valence-corrected chi connectivity index (χ3v) is 2.40. The number of nitrogens with zero attached hydrogens (tertiary/aromatic N) is 1. The monoisotopic (exact) mass is 170 g/mol. The summed E-state index contributed by atoms with van der Waals surface area (Å²) in [6.07, 6.45) is 2.77. The van der Waals surface area contributed by atoms with Crippen molar-refractivity contribution in [2.75, 3.05) is 20.1 Å². The normalized spacial score (nSPS) is 24.7. The molecule has 12 heavy (non-hydrogen) atoms. The van der Waals surface area contributed by atoms with E-state index in [9.17, 15) is 4.79 Å². The molecule has 3 nitrogen and oxygen atoms in total. The first-order chi connectivity index (χ1) is 5.77. The summed E-state index contributed by atoms with van der Waals surface area (Å²) < 4.78 is 0. The van der Waals surface area contributed by atoms with Crippen LogP contribution in [0, 0.1) is 0 Å². The van der Waals surface area contributed by atoms with Crippen molar-refractivity contribution in [3.63, 3.8) is 0 Å². The minimum atomic E-state index is 0.323. The van der Waals surface area contributed by atoms with E-state index in [1.165, 1.54) is 0 Å². The Hall–Kier alpha value is -0.570. The lowest BCUT2D eigenvalue weighted by molar-refractivity contribution is -0.134. The van der Waals surface area contributed by atoms with Crippen LogP contribution in [0.25, 0.3) is 0 Å². The predicted octanol–water partition coefficient (Wildman–Crippen LogP) is 0.607. The Balaban J connectivity index is 2.41. The Kier molecular flexibility index (Phi) is 3.53. The Labute approximate surface area is 74.1 Å². The topological polar surface area (TPSA) is 32.3 Å². The molecule has 1 aliphatic heterocycles. The summed E-state index contributed by atoms with van der Waals surface area (Å²) in [6.45, 7) is 3.91. The Morgan fingerprint density at radius 2 is 2.42 bits per heavy atom. The zero-order valence-electron chi connectivity index (χ0n) is 7.97. The number of hydrogen-bond acceptors (Lipinski definition) is 2. The van der Waals surface area contributed by atoms with Gasteiger partial charge in [0.1, 0.15) is 0 Å². The number of nitrogens with one attached hydrogen (secondary N) is 1. The van der Waals surface area contributed by atoms with Crippen LogP contribution in [0.2, 0.25) is 0 Å². The standard InChI is InChI=1S/C9H18N2O/c1-3-6-11-7-8(10-2)4-5-9(11)12/h8,10H,3-7H2,1-2H3. The lowest BCUT2D eigenvalue weighted by Gasteiger charge is -2.32. The molecule has 1 fully saturated rings. The Morgan fingerprint density at radius 3 is 3.00 bits per heavy atom. The maximum absolute atomic E-state index is 11.3. The average Bonchev–Trinajstić information content (AvgIpc) is 2.09. The van der Waals surface area contributed by atoms with Crippen LogP contribution < -0.4 is 5.32 Å². The fraction of sp³-hybridized carbons (Fsp3) is 0.889. The van der Waals surface area contributed by atoms with Gasteiger partial charge in [0.25, 0.3) is 0 Å². The summed E-state index contributed by atoms with van der Waals surface area (Å²) in [5.74, 6) is 0.323. The number of rotatable bonds is 3. The number of carbonyl (C=O) groups is 1. The molecule has 0 aromatic rings. The van der Waals surface area contributed by atoms with Crippen LogP contribution in [0.3, 0.4) is 0 Å². The van der Waals surface area contributed by atoms with E-state index < -0.39 is 0 Å². The predicted molar refractivity (Wildman–Crippen MR) is 49.0 cm³/mol. The van der Waals surface area contributed by atoms with Crippen LogP contribution in [0.1, 0.15) is 26.2 Å².